The number of hydrogen-bond donors (Lipinski definition) is 1. The van der Waals surface area contributed by atoms with Crippen LogP contribution in [-0.2, 0) is 11.2 Å². The Balaban J connectivity index is 2.70. The SMILES string of the molecule is Cc1ccc(CCCC(=O)O)c(C)c1C. The van der Waals surface area contributed by atoms with E-state index in [9.17, 15) is 4.79 Å². The Bertz CT molecular complexity index is 367. The molecule has 0 unspecified atom stereocenters. The summed E-state index contributed by atoms with van der Waals surface area (Å²) >= 11 is 0. The minimum Gasteiger partial charge on any atom is -0.481 e. The van der Waals surface area contributed by atoms with Crippen LogP contribution in [0.2, 0.25) is 0 Å². The Morgan fingerprint density at radius 1 is 1.20 bits per heavy atom. The lowest BCUT2D eigenvalue weighted by Gasteiger charge is -2.10. The van der Waals surface area contributed by atoms with Crippen LogP contribution in [0.1, 0.15) is 35.1 Å². The van der Waals surface area contributed by atoms with Crippen LogP contribution in [0.15, 0.2) is 12.1 Å². The first-order valence-corrected chi connectivity index (χ1v) is 5.30. The smallest absolute Gasteiger partial charge is 0.303 e. The molecule has 0 spiro atoms. The van der Waals surface area contributed by atoms with Gasteiger partial charge in [0.1, 0.15) is 0 Å². The lowest BCUT2D eigenvalue weighted by Crippen LogP contribution is -1.99. The molecule has 2 nitrogen and oxygen atoms in total. The second-order valence-electron chi connectivity index (χ2n) is 4.04. The summed E-state index contributed by atoms with van der Waals surface area (Å²) in [5, 5.41) is 8.56. The van der Waals surface area contributed by atoms with Crippen molar-refractivity contribution in [1.82, 2.24) is 0 Å². The Morgan fingerprint density at radius 3 is 2.47 bits per heavy atom. The lowest BCUT2D eigenvalue weighted by atomic mass is 9.96. The van der Waals surface area contributed by atoms with Crippen molar-refractivity contribution in [3.8, 4) is 0 Å². The molecule has 0 radical (unpaired) electrons. The molecular formula is C13H18O2. The van der Waals surface area contributed by atoms with Crippen LogP contribution >= 0.6 is 0 Å². The minimum atomic E-state index is -0.712. The van der Waals surface area contributed by atoms with Gasteiger partial charge in [-0.1, -0.05) is 12.1 Å². The molecule has 1 N–H and O–H groups in total. The van der Waals surface area contributed by atoms with Gasteiger partial charge >= 0.3 is 5.97 Å². The molecule has 1 aromatic rings. The summed E-state index contributed by atoms with van der Waals surface area (Å²) in [6.07, 6.45) is 1.84. The lowest BCUT2D eigenvalue weighted by molar-refractivity contribution is -0.137. The van der Waals surface area contributed by atoms with E-state index in [1.54, 1.807) is 0 Å². The largest absolute Gasteiger partial charge is 0.481 e. The summed E-state index contributed by atoms with van der Waals surface area (Å²) in [6.45, 7) is 6.33. The topological polar surface area (TPSA) is 37.3 Å². The third-order valence-corrected chi connectivity index (χ3v) is 3.01. The van der Waals surface area contributed by atoms with Gasteiger partial charge in [-0.25, -0.2) is 0 Å². The monoisotopic (exact) mass is 206 g/mol. The van der Waals surface area contributed by atoms with Crippen molar-refractivity contribution in [2.75, 3.05) is 0 Å². The van der Waals surface area contributed by atoms with Crippen LogP contribution < -0.4 is 0 Å². The standard InChI is InChI=1S/C13H18O2/c1-9-7-8-12(11(3)10(9)2)5-4-6-13(14)15/h7-8H,4-6H2,1-3H3,(H,14,15). The molecule has 0 aromatic heterocycles. The highest BCUT2D eigenvalue weighted by molar-refractivity contribution is 5.66. The average Bonchev–Trinajstić information content (AvgIpc) is 2.18. The van der Waals surface area contributed by atoms with Gasteiger partial charge in [0, 0.05) is 6.42 Å². The van der Waals surface area contributed by atoms with Crippen LogP contribution in [-0.4, -0.2) is 11.1 Å². The van der Waals surface area contributed by atoms with Gasteiger partial charge in [-0.05, 0) is 55.9 Å². The normalized spacial score (nSPS) is 10.3. The van der Waals surface area contributed by atoms with E-state index < -0.39 is 5.97 Å². The minimum absolute atomic E-state index is 0.256. The molecule has 0 saturated carbocycles. The van der Waals surface area contributed by atoms with E-state index in [2.05, 4.69) is 32.9 Å². The predicted molar refractivity (Wildman–Crippen MR) is 61.2 cm³/mol. The second kappa shape index (κ2) is 4.96. The van der Waals surface area contributed by atoms with Crippen molar-refractivity contribution in [3.63, 3.8) is 0 Å². The molecule has 0 bridgehead atoms. The molecule has 0 atom stereocenters. The molecule has 82 valence electrons. The first-order chi connectivity index (χ1) is 7.02. The number of carbonyl (C=O) groups is 1. The van der Waals surface area contributed by atoms with Gasteiger partial charge in [-0.2, -0.15) is 0 Å². The molecule has 0 aliphatic heterocycles. The first kappa shape index (κ1) is 11.8. The van der Waals surface area contributed by atoms with Gasteiger partial charge in [0.25, 0.3) is 0 Å². The van der Waals surface area contributed by atoms with Crippen LogP contribution in [0.4, 0.5) is 0 Å². The van der Waals surface area contributed by atoms with Gasteiger partial charge in [0.2, 0.25) is 0 Å². The summed E-state index contributed by atoms with van der Waals surface area (Å²) < 4.78 is 0. The molecule has 1 rings (SSSR count). The van der Waals surface area contributed by atoms with Crippen LogP contribution in [0.5, 0.6) is 0 Å². The molecule has 0 fully saturated rings. The number of carboxylic acids is 1. The van der Waals surface area contributed by atoms with Gasteiger partial charge in [-0.3, -0.25) is 4.79 Å². The maximum absolute atomic E-state index is 10.4. The number of rotatable bonds is 4. The van der Waals surface area contributed by atoms with Gasteiger partial charge < -0.3 is 5.11 Å². The molecular weight excluding hydrogens is 188 g/mol. The van der Waals surface area contributed by atoms with Crippen LogP contribution in [0.3, 0.4) is 0 Å². The van der Waals surface area contributed by atoms with Crippen molar-refractivity contribution >= 4 is 5.97 Å². The van der Waals surface area contributed by atoms with Crippen molar-refractivity contribution in [2.24, 2.45) is 0 Å². The predicted octanol–water partition coefficient (Wildman–Crippen LogP) is 3.02. The Morgan fingerprint density at radius 2 is 1.87 bits per heavy atom. The zero-order valence-corrected chi connectivity index (χ0v) is 9.63. The fourth-order valence-electron chi connectivity index (χ4n) is 1.71. The number of hydrogen-bond acceptors (Lipinski definition) is 1. The van der Waals surface area contributed by atoms with E-state index in [-0.39, 0.29) is 6.42 Å². The molecule has 1 aromatic carbocycles. The Labute approximate surface area is 90.9 Å². The maximum atomic E-state index is 10.4. The second-order valence-corrected chi connectivity index (χ2v) is 4.04. The molecule has 15 heavy (non-hydrogen) atoms. The van der Waals surface area contributed by atoms with Crippen molar-refractivity contribution in [1.29, 1.82) is 0 Å². The Kier molecular flexibility index (Phi) is 3.89. The zero-order chi connectivity index (χ0) is 11.4. The van der Waals surface area contributed by atoms with E-state index in [1.165, 1.54) is 22.3 Å². The fraction of sp³-hybridized carbons (Fsp3) is 0.462. The first-order valence-electron chi connectivity index (χ1n) is 5.30. The molecule has 0 aliphatic carbocycles. The third kappa shape index (κ3) is 3.08. The van der Waals surface area contributed by atoms with Gasteiger partial charge in [0.05, 0.1) is 0 Å². The van der Waals surface area contributed by atoms with E-state index in [1.807, 2.05) is 0 Å². The summed E-state index contributed by atoms with van der Waals surface area (Å²) in [7, 11) is 0. The molecule has 0 amide bonds. The summed E-state index contributed by atoms with van der Waals surface area (Å²) in [5.74, 6) is -0.712. The number of aliphatic carboxylic acids is 1. The van der Waals surface area contributed by atoms with Gasteiger partial charge in [0.15, 0.2) is 0 Å². The van der Waals surface area contributed by atoms with E-state index >= 15 is 0 Å². The van der Waals surface area contributed by atoms with Crippen molar-refractivity contribution < 1.29 is 9.90 Å². The maximum Gasteiger partial charge on any atom is 0.303 e. The molecule has 0 saturated heterocycles. The molecule has 0 heterocycles. The zero-order valence-electron chi connectivity index (χ0n) is 9.63. The Hall–Kier alpha value is -1.31. The summed E-state index contributed by atoms with van der Waals surface area (Å²) in [5.41, 5.74) is 5.21. The quantitative estimate of drug-likeness (QED) is 0.822. The van der Waals surface area contributed by atoms with Gasteiger partial charge in [-0.15, -0.1) is 0 Å². The fourth-order valence-corrected chi connectivity index (χ4v) is 1.71. The van der Waals surface area contributed by atoms with Crippen LogP contribution in [0, 0.1) is 20.8 Å². The van der Waals surface area contributed by atoms with Crippen LogP contribution in [0.25, 0.3) is 0 Å². The third-order valence-electron chi connectivity index (χ3n) is 3.01. The average molecular weight is 206 g/mol. The van der Waals surface area contributed by atoms with Crippen molar-refractivity contribution in [3.05, 3.63) is 34.4 Å². The number of aryl methyl sites for hydroxylation is 2. The highest BCUT2D eigenvalue weighted by Crippen LogP contribution is 2.18. The highest BCUT2D eigenvalue weighted by atomic mass is 16.4. The molecule has 2 heteroatoms. The highest BCUT2D eigenvalue weighted by Gasteiger charge is 2.04. The molecule has 0 aliphatic rings. The van der Waals surface area contributed by atoms with E-state index in [0.29, 0.717) is 0 Å². The van der Waals surface area contributed by atoms with E-state index in [4.69, 9.17) is 5.11 Å². The number of carboxylic acid groups (broad SMARTS) is 1. The van der Waals surface area contributed by atoms with Crippen molar-refractivity contribution in [2.45, 2.75) is 40.0 Å². The summed E-state index contributed by atoms with van der Waals surface area (Å²) in [4.78, 5) is 10.4. The number of benzene rings is 1. The van der Waals surface area contributed by atoms with E-state index in [0.717, 1.165) is 12.8 Å². The summed E-state index contributed by atoms with van der Waals surface area (Å²) in [6, 6.07) is 4.22.